The third-order valence-electron chi connectivity index (χ3n) is 3.29. The molecule has 0 spiro atoms. The van der Waals surface area contributed by atoms with Gasteiger partial charge in [-0.1, -0.05) is 19.6 Å². The normalized spacial score (nSPS) is 14.5. The third-order valence-corrected chi connectivity index (χ3v) is 3.29. The second-order valence-electron chi connectivity index (χ2n) is 6.17. The van der Waals surface area contributed by atoms with Crippen LogP contribution < -0.4 is 0 Å². The van der Waals surface area contributed by atoms with Gasteiger partial charge in [-0.15, -0.1) is 0 Å². The molecular weight excluding hydrogens is 294 g/mol. The summed E-state index contributed by atoms with van der Waals surface area (Å²) in [7, 11) is 3.85. The van der Waals surface area contributed by atoms with Gasteiger partial charge in [0.15, 0.2) is 0 Å². The summed E-state index contributed by atoms with van der Waals surface area (Å²) >= 11 is 0. The lowest BCUT2D eigenvalue weighted by molar-refractivity contribution is -0.145. The lowest BCUT2D eigenvalue weighted by atomic mass is 9.98. The lowest BCUT2D eigenvalue weighted by Gasteiger charge is -2.21. The van der Waals surface area contributed by atoms with Gasteiger partial charge in [0, 0.05) is 17.7 Å². The lowest BCUT2D eigenvalue weighted by Crippen LogP contribution is -2.20. The van der Waals surface area contributed by atoms with Crippen molar-refractivity contribution in [3.63, 3.8) is 0 Å². The van der Waals surface area contributed by atoms with E-state index in [1.807, 2.05) is 19.0 Å². The molecule has 1 rings (SSSR count). The minimum Gasteiger partial charge on any atom is -0.461 e. The number of rotatable bonds is 6. The molecule has 0 amide bonds. The van der Waals surface area contributed by atoms with Crippen molar-refractivity contribution in [3.05, 3.63) is 24.3 Å². The van der Waals surface area contributed by atoms with Crippen molar-refractivity contribution in [3.8, 4) is 0 Å². The molecule has 1 aliphatic rings. The van der Waals surface area contributed by atoms with E-state index in [0.717, 1.165) is 19.4 Å². The molecule has 1 saturated carbocycles. The van der Waals surface area contributed by atoms with E-state index < -0.39 is 0 Å². The van der Waals surface area contributed by atoms with Crippen molar-refractivity contribution in [2.24, 2.45) is 0 Å². The van der Waals surface area contributed by atoms with Crippen LogP contribution in [0.4, 0.5) is 0 Å². The molecule has 0 aromatic heterocycles. The van der Waals surface area contributed by atoms with Gasteiger partial charge in [-0.3, -0.25) is 0 Å². The first-order valence-electron chi connectivity index (χ1n) is 8.08. The molecule has 0 N–H and O–H groups in total. The zero-order valence-corrected chi connectivity index (χ0v) is 15.0. The van der Waals surface area contributed by atoms with E-state index in [2.05, 4.69) is 13.2 Å². The highest BCUT2D eigenvalue weighted by Crippen LogP contribution is 2.20. The summed E-state index contributed by atoms with van der Waals surface area (Å²) in [5, 5.41) is 0. The van der Waals surface area contributed by atoms with E-state index >= 15 is 0 Å². The Morgan fingerprint density at radius 3 is 1.96 bits per heavy atom. The fourth-order valence-electron chi connectivity index (χ4n) is 1.88. The molecular formula is C18H31NO4. The maximum absolute atomic E-state index is 11.1. The number of likely N-dealkylation sites (N-methyl/N-ethyl adjacent to an activating group) is 1. The summed E-state index contributed by atoms with van der Waals surface area (Å²) in [5.41, 5.74) is 0.948. The number of esters is 2. The molecule has 0 unspecified atom stereocenters. The molecule has 132 valence electrons. The van der Waals surface area contributed by atoms with Crippen LogP contribution in [0.5, 0.6) is 0 Å². The maximum atomic E-state index is 11.1. The van der Waals surface area contributed by atoms with Crippen LogP contribution in [0.2, 0.25) is 0 Å². The average molecular weight is 325 g/mol. The number of carbonyl (C=O) groups is 2. The highest BCUT2D eigenvalue weighted by atomic mass is 16.5. The number of hydrogen-bond donors (Lipinski definition) is 0. The monoisotopic (exact) mass is 325 g/mol. The molecule has 23 heavy (non-hydrogen) atoms. The minimum atomic E-state index is -0.313. The molecule has 0 saturated heterocycles. The summed E-state index contributed by atoms with van der Waals surface area (Å²) in [6.07, 6.45) is 5.87. The minimum absolute atomic E-state index is 0.156. The first-order chi connectivity index (χ1) is 10.7. The molecule has 1 fully saturated rings. The molecule has 0 atom stereocenters. The van der Waals surface area contributed by atoms with E-state index in [1.54, 1.807) is 13.8 Å². The van der Waals surface area contributed by atoms with E-state index in [-0.39, 0.29) is 18.0 Å². The SMILES string of the molecule is C=C(C)C(=O)OC1CCCCC1.C=C(C)C(=O)OCCN(C)C. The quantitative estimate of drug-likeness (QED) is 0.555. The molecule has 0 bridgehead atoms. The average Bonchev–Trinajstić information content (AvgIpc) is 2.48. The zero-order valence-electron chi connectivity index (χ0n) is 15.0. The van der Waals surface area contributed by atoms with Crippen LogP contribution in [0.15, 0.2) is 24.3 Å². The summed E-state index contributed by atoms with van der Waals surface area (Å²) in [4.78, 5) is 23.8. The number of ether oxygens (including phenoxy) is 2. The van der Waals surface area contributed by atoms with Crippen LogP contribution in [0.3, 0.4) is 0 Å². The van der Waals surface area contributed by atoms with Crippen LogP contribution in [0.25, 0.3) is 0 Å². The van der Waals surface area contributed by atoms with E-state index in [1.165, 1.54) is 19.3 Å². The Hall–Kier alpha value is -1.62. The van der Waals surface area contributed by atoms with Crippen LogP contribution in [-0.2, 0) is 19.1 Å². The summed E-state index contributed by atoms with van der Waals surface area (Å²) in [6, 6.07) is 0. The Labute approximate surface area is 140 Å². The predicted octanol–water partition coefficient (Wildman–Crippen LogP) is 3.11. The Kier molecular flexibility index (Phi) is 11.0. The van der Waals surface area contributed by atoms with Crippen LogP contribution in [0, 0.1) is 0 Å². The fourth-order valence-corrected chi connectivity index (χ4v) is 1.88. The summed E-state index contributed by atoms with van der Waals surface area (Å²) < 4.78 is 10.0. The number of carbonyl (C=O) groups excluding carboxylic acids is 2. The van der Waals surface area contributed by atoms with Crippen molar-refractivity contribution < 1.29 is 19.1 Å². The van der Waals surface area contributed by atoms with Crippen molar-refractivity contribution in [1.82, 2.24) is 4.90 Å². The number of nitrogens with zero attached hydrogens (tertiary/aromatic N) is 1. The van der Waals surface area contributed by atoms with E-state index in [9.17, 15) is 9.59 Å². The van der Waals surface area contributed by atoms with Gasteiger partial charge in [0.05, 0.1) is 0 Å². The van der Waals surface area contributed by atoms with E-state index in [0.29, 0.717) is 17.8 Å². The highest BCUT2D eigenvalue weighted by Gasteiger charge is 2.17. The van der Waals surface area contributed by atoms with Crippen molar-refractivity contribution in [1.29, 1.82) is 0 Å². The van der Waals surface area contributed by atoms with Crippen molar-refractivity contribution in [2.45, 2.75) is 52.1 Å². The van der Waals surface area contributed by atoms with Gasteiger partial charge in [-0.2, -0.15) is 0 Å². The van der Waals surface area contributed by atoms with Gasteiger partial charge < -0.3 is 14.4 Å². The molecule has 0 aliphatic heterocycles. The Bertz CT molecular complexity index is 409. The Morgan fingerprint density at radius 1 is 1.00 bits per heavy atom. The van der Waals surface area contributed by atoms with Crippen LogP contribution in [0.1, 0.15) is 46.0 Å². The number of hydrogen-bond acceptors (Lipinski definition) is 5. The maximum Gasteiger partial charge on any atom is 0.333 e. The molecule has 0 radical (unpaired) electrons. The molecule has 0 heterocycles. The van der Waals surface area contributed by atoms with Gasteiger partial charge in [0.1, 0.15) is 12.7 Å². The Balaban J connectivity index is 0.000000423. The van der Waals surface area contributed by atoms with E-state index in [4.69, 9.17) is 9.47 Å². The summed E-state index contributed by atoms with van der Waals surface area (Å²) in [6.45, 7) is 11.5. The molecule has 5 nitrogen and oxygen atoms in total. The predicted molar refractivity (Wildman–Crippen MR) is 92.1 cm³/mol. The smallest absolute Gasteiger partial charge is 0.333 e. The first-order valence-corrected chi connectivity index (χ1v) is 8.08. The van der Waals surface area contributed by atoms with Gasteiger partial charge >= 0.3 is 11.9 Å². The second kappa shape index (κ2) is 11.9. The van der Waals surface area contributed by atoms with Crippen LogP contribution >= 0.6 is 0 Å². The van der Waals surface area contributed by atoms with Crippen molar-refractivity contribution >= 4 is 11.9 Å². The Morgan fingerprint density at radius 2 is 1.52 bits per heavy atom. The second-order valence-corrected chi connectivity index (χ2v) is 6.17. The van der Waals surface area contributed by atoms with Gasteiger partial charge in [0.2, 0.25) is 0 Å². The fraction of sp³-hybridized carbons (Fsp3) is 0.667. The summed E-state index contributed by atoms with van der Waals surface area (Å²) in [5.74, 6) is -0.547. The topological polar surface area (TPSA) is 55.8 Å². The third kappa shape index (κ3) is 11.6. The first kappa shape index (κ1) is 21.4. The molecule has 0 aromatic rings. The molecule has 0 aromatic carbocycles. The van der Waals surface area contributed by atoms with Gasteiger partial charge in [0.25, 0.3) is 0 Å². The van der Waals surface area contributed by atoms with Crippen molar-refractivity contribution in [2.75, 3.05) is 27.2 Å². The van der Waals surface area contributed by atoms with Gasteiger partial charge in [-0.25, -0.2) is 9.59 Å². The standard InChI is InChI=1S/C10H16O2.C8H15NO2/c1-8(2)10(11)12-9-6-4-3-5-7-9;1-7(2)8(10)11-6-5-9(3)4/h9H,1,3-7H2,2H3;1,5-6H2,2-4H3. The van der Waals surface area contributed by atoms with Gasteiger partial charge in [-0.05, 0) is 53.6 Å². The van der Waals surface area contributed by atoms with Crippen LogP contribution in [-0.4, -0.2) is 50.2 Å². The highest BCUT2D eigenvalue weighted by molar-refractivity contribution is 5.87. The zero-order chi connectivity index (χ0) is 17.8. The molecule has 1 aliphatic carbocycles. The largest absolute Gasteiger partial charge is 0.461 e. The molecule has 5 heteroatoms.